The Morgan fingerprint density at radius 2 is 2.08 bits per heavy atom. The molecule has 0 atom stereocenters. The predicted molar refractivity (Wildman–Crippen MR) is 35.9 cm³/mol. The van der Waals surface area contributed by atoms with Gasteiger partial charge in [-0.3, -0.25) is 15.1 Å². The molecule has 0 aliphatic heterocycles. The van der Waals surface area contributed by atoms with E-state index in [9.17, 15) is 23.3 Å². The first-order valence-electron chi connectivity index (χ1n) is 3.08. The summed E-state index contributed by atoms with van der Waals surface area (Å²) in [5, 5.41) is 10.1. The van der Waals surface area contributed by atoms with Crippen molar-refractivity contribution < 1.29 is 18.1 Å². The van der Waals surface area contributed by atoms with Gasteiger partial charge < -0.3 is 0 Å². The van der Waals surface area contributed by atoms with Gasteiger partial charge in [0.05, 0.1) is 4.92 Å². The molecule has 0 fully saturated rings. The van der Waals surface area contributed by atoms with Crippen LogP contribution in [0.4, 0.5) is 18.9 Å². The van der Waals surface area contributed by atoms with Gasteiger partial charge >= 0.3 is 6.18 Å². The Labute approximate surface area is 70.2 Å². The first kappa shape index (κ1) is 9.43. The van der Waals surface area contributed by atoms with Gasteiger partial charge in [0.15, 0.2) is 5.56 Å². The Hall–Kier alpha value is -1.66. The van der Waals surface area contributed by atoms with Crippen LogP contribution in [0.5, 0.6) is 0 Å². The summed E-state index contributed by atoms with van der Waals surface area (Å²) in [5.74, 6) is 0. The zero-order valence-corrected chi connectivity index (χ0v) is 6.08. The first-order valence-corrected chi connectivity index (χ1v) is 3.08. The summed E-state index contributed by atoms with van der Waals surface area (Å²) in [5.41, 5.74) is -2.32. The summed E-state index contributed by atoms with van der Waals surface area (Å²) < 4.78 is 36.2. The van der Waals surface area contributed by atoms with Gasteiger partial charge in [0.25, 0.3) is 5.69 Å². The van der Waals surface area contributed by atoms with E-state index in [-0.39, 0.29) is 0 Å². The van der Waals surface area contributed by atoms with Crippen LogP contribution < -0.4 is 0 Å². The molecule has 0 saturated heterocycles. The van der Waals surface area contributed by atoms with Crippen molar-refractivity contribution in [2.75, 3.05) is 0 Å². The molecule has 0 amide bonds. The second kappa shape index (κ2) is 3.00. The van der Waals surface area contributed by atoms with Crippen LogP contribution in [0.15, 0.2) is 18.5 Å². The molecule has 0 radical (unpaired) electrons. The van der Waals surface area contributed by atoms with Crippen molar-refractivity contribution in [3.05, 3.63) is 34.1 Å². The molecule has 0 unspecified atom stereocenters. The molecule has 0 bridgehead atoms. The Bertz CT molecular complexity index is 337. The maximum atomic E-state index is 12.1. The van der Waals surface area contributed by atoms with Crippen LogP contribution in [0.2, 0.25) is 0 Å². The van der Waals surface area contributed by atoms with E-state index in [4.69, 9.17) is 0 Å². The third kappa shape index (κ3) is 1.92. The summed E-state index contributed by atoms with van der Waals surface area (Å²) >= 11 is 0. The zero-order valence-electron chi connectivity index (χ0n) is 6.08. The minimum absolute atomic E-state index is 0.429. The highest BCUT2D eigenvalue weighted by Gasteiger charge is 2.38. The number of hydrogen-bond donors (Lipinski definition) is 0. The van der Waals surface area contributed by atoms with E-state index in [1.807, 2.05) is 0 Å². The molecule has 7 heteroatoms. The molecule has 0 aliphatic rings. The largest absolute Gasteiger partial charge is 0.424 e. The fourth-order valence-corrected chi connectivity index (χ4v) is 0.765. The molecule has 70 valence electrons. The molecular formula is C6H3F3N2O2. The summed E-state index contributed by atoms with van der Waals surface area (Å²) in [6, 6.07) is 0.711. The Morgan fingerprint density at radius 3 is 2.46 bits per heavy atom. The molecule has 0 saturated carbocycles. The van der Waals surface area contributed by atoms with Crippen LogP contribution in [0.25, 0.3) is 0 Å². The predicted octanol–water partition coefficient (Wildman–Crippen LogP) is 2.01. The molecule has 0 aromatic carbocycles. The van der Waals surface area contributed by atoms with Crippen molar-refractivity contribution in [1.29, 1.82) is 0 Å². The smallest absolute Gasteiger partial charge is 0.264 e. The highest BCUT2D eigenvalue weighted by Crippen LogP contribution is 2.34. The Kier molecular flexibility index (Phi) is 2.18. The van der Waals surface area contributed by atoms with E-state index >= 15 is 0 Å². The van der Waals surface area contributed by atoms with Crippen LogP contribution >= 0.6 is 0 Å². The van der Waals surface area contributed by atoms with Gasteiger partial charge in [-0.2, -0.15) is 13.2 Å². The van der Waals surface area contributed by atoms with Crippen molar-refractivity contribution in [3.63, 3.8) is 0 Å². The number of nitro groups is 1. The zero-order chi connectivity index (χ0) is 10.1. The minimum Gasteiger partial charge on any atom is -0.264 e. The molecule has 13 heavy (non-hydrogen) atoms. The van der Waals surface area contributed by atoms with E-state index < -0.39 is 22.4 Å². The summed E-state index contributed by atoms with van der Waals surface area (Å²) in [4.78, 5) is 12.2. The fraction of sp³-hybridized carbons (Fsp3) is 0.167. The van der Waals surface area contributed by atoms with Gasteiger partial charge in [0.1, 0.15) is 0 Å². The van der Waals surface area contributed by atoms with Crippen molar-refractivity contribution in [2.45, 2.75) is 6.18 Å². The lowest BCUT2D eigenvalue weighted by Crippen LogP contribution is -2.09. The van der Waals surface area contributed by atoms with E-state index in [2.05, 4.69) is 4.98 Å². The quantitative estimate of drug-likeness (QED) is 0.505. The van der Waals surface area contributed by atoms with E-state index in [1.165, 1.54) is 0 Å². The third-order valence-electron chi connectivity index (χ3n) is 1.30. The second-order valence-electron chi connectivity index (χ2n) is 2.15. The van der Waals surface area contributed by atoms with Gasteiger partial charge in [-0.05, 0) is 0 Å². The highest BCUT2D eigenvalue weighted by atomic mass is 19.4. The van der Waals surface area contributed by atoms with Crippen LogP contribution in [0.3, 0.4) is 0 Å². The number of rotatable bonds is 1. The van der Waals surface area contributed by atoms with Crippen LogP contribution in [0.1, 0.15) is 5.56 Å². The molecule has 1 aromatic rings. The SMILES string of the molecule is O=[N+]([O-])c1ccncc1C(F)(F)F. The number of halogens is 3. The number of hydrogen-bond acceptors (Lipinski definition) is 3. The van der Waals surface area contributed by atoms with Crippen molar-refractivity contribution in [3.8, 4) is 0 Å². The Balaban J connectivity index is 3.28. The average molecular weight is 192 g/mol. The number of pyridine rings is 1. The van der Waals surface area contributed by atoms with E-state index in [0.29, 0.717) is 12.3 Å². The maximum Gasteiger partial charge on any atom is 0.424 e. The molecule has 1 aromatic heterocycles. The van der Waals surface area contributed by atoms with Crippen LogP contribution in [-0.4, -0.2) is 9.91 Å². The molecule has 4 nitrogen and oxygen atoms in total. The van der Waals surface area contributed by atoms with Gasteiger partial charge in [-0.15, -0.1) is 0 Å². The van der Waals surface area contributed by atoms with Crippen LogP contribution in [-0.2, 0) is 6.18 Å². The lowest BCUT2D eigenvalue weighted by molar-refractivity contribution is -0.388. The molecule has 1 heterocycles. The van der Waals surface area contributed by atoms with Crippen molar-refractivity contribution >= 4 is 5.69 Å². The fourth-order valence-electron chi connectivity index (χ4n) is 0.765. The molecule has 1 rings (SSSR count). The van der Waals surface area contributed by atoms with Crippen molar-refractivity contribution in [2.24, 2.45) is 0 Å². The van der Waals surface area contributed by atoms with Crippen LogP contribution in [0, 0.1) is 10.1 Å². The summed E-state index contributed by atoms with van der Waals surface area (Å²) in [7, 11) is 0. The summed E-state index contributed by atoms with van der Waals surface area (Å²) in [6.45, 7) is 0. The third-order valence-corrected chi connectivity index (χ3v) is 1.30. The monoisotopic (exact) mass is 192 g/mol. The lowest BCUT2D eigenvalue weighted by atomic mass is 10.2. The second-order valence-corrected chi connectivity index (χ2v) is 2.15. The topological polar surface area (TPSA) is 56.0 Å². The number of nitrogens with zero attached hydrogens (tertiary/aromatic N) is 2. The van der Waals surface area contributed by atoms with Gasteiger partial charge in [0.2, 0.25) is 0 Å². The number of alkyl halides is 3. The van der Waals surface area contributed by atoms with E-state index in [0.717, 1.165) is 6.20 Å². The normalized spacial score (nSPS) is 11.3. The Morgan fingerprint density at radius 1 is 1.46 bits per heavy atom. The number of aromatic nitrogens is 1. The molecule has 0 aliphatic carbocycles. The first-order chi connectivity index (χ1) is 5.93. The minimum atomic E-state index is -4.74. The standard InChI is InChI=1S/C6H3F3N2O2/c7-6(8,9)4-3-10-2-1-5(4)11(12)13/h1-3H. The van der Waals surface area contributed by atoms with E-state index in [1.54, 1.807) is 0 Å². The van der Waals surface area contributed by atoms with Gasteiger partial charge in [-0.1, -0.05) is 0 Å². The van der Waals surface area contributed by atoms with Crippen molar-refractivity contribution in [1.82, 2.24) is 4.98 Å². The summed E-state index contributed by atoms with van der Waals surface area (Å²) in [6.07, 6.45) is -3.37. The molecule has 0 N–H and O–H groups in total. The van der Waals surface area contributed by atoms with Gasteiger partial charge in [-0.25, -0.2) is 0 Å². The van der Waals surface area contributed by atoms with Gasteiger partial charge in [0, 0.05) is 18.5 Å². The average Bonchev–Trinajstić information content (AvgIpc) is 2.03. The highest BCUT2D eigenvalue weighted by molar-refractivity contribution is 5.39. The molecular weight excluding hydrogens is 189 g/mol. The maximum absolute atomic E-state index is 12.1. The lowest BCUT2D eigenvalue weighted by Gasteiger charge is -2.05. The molecule has 0 spiro atoms.